The van der Waals surface area contributed by atoms with Crippen LogP contribution in [0.4, 0.5) is 3.89 Å². The molecular weight excluding hydrogens is 109 g/mol. The Morgan fingerprint density at radius 1 is 1.67 bits per heavy atom. The molecule has 0 unspecified atom stereocenters. The first-order chi connectivity index (χ1) is 2.56. The summed E-state index contributed by atoms with van der Waals surface area (Å²) < 4.78 is 30.3. The minimum atomic E-state index is -4.87. The van der Waals surface area contributed by atoms with Crippen molar-refractivity contribution in [2.45, 2.75) is 0 Å². The molecule has 3 nitrogen and oxygen atoms in total. The number of hydrogen-bond acceptors (Lipinski definition) is 2. The molecule has 0 rings (SSSR count). The van der Waals surface area contributed by atoms with Gasteiger partial charge >= 0.3 is 10.4 Å². The summed E-state index contributed by atoms with van der Waals surface area (Å²) in [7, 11) is -4.87. The Kier molecular flexibility index (Phi) is 1.09. The van der Waals surface area contributed by atoms with Crippen LogP contribution in [-0.4, -0.2) is 8.42 Å². The minimum absolute atomic E-state index is 1.58. The van der Waals surface area contributed by atoms with Crippen molar-refractivity contribution in [1.29, 1.82) is 0 Å². The van der Waals surface area contributed by atoms with Crippen LogP contribution in [0.25, 0.3) is 4.25 Å². The smallest absolute Gasteiger partial charge is 0.203 e. The summed E-state index contributed by atoms with van der Waals surface area (Å²) in [6.45, 7) is 5.52. The number of hydrogen-bond donors (Lipinski definition) is 0. The van der Waals surface area contributed by atoms with E-state index in [-0.39, 0.29) is 0 Å². The van der Waals surface area contributed by atoms with Gasteiger partial charge < -0.3 is 0 Å². The third-order valence-corrected chi connectivity index (χ3v) is 0.327. The van der Waals surface area contributed by atoms with E-state index in [0.717, 1.165) is 0 Å². The molecule has 0 amide bonds. The normalized spacial score (nSPS) is 10.0. The quantitative estimate of drug-likeness (QED) is 0.327. The maximum atomic E-state index is 10.7. The Labute approximate surface area is 34.6 Å². The summed E-state index contributed by atoms with van der Waals surface area (Å²) >= 11 is 0. The summed E-state index contributed by atoms with van der Waals surface area (Å²) in [5, 5.41) is 0. The van der Waals surface area contributed by atoms with Crippen LogP contribution in [0.15, 0.2) is 0 Å². The predicted molar refractivity (Wildman–Crippen MR) is 16.6 cm³/mol. The number of halogens is 1. The molecular formula is CFNO2S. The van der Waals surface area contributed by atoms with Crippen LogP contribution in [0.5, 0.6) is 0 Å². The zero-order valence-electron chi connectivity index (χ0n) is 2.55. The van der Waals surface area contributed by atoms with E-state index in [1.807, 2.05) is 0 Å². The lowest BCUT2D eigenvalue weighted by atomic mass is 11.9. The van der Waals surface area contributed by atoms with Gasteiger partial charge in [0.15, 0.2) is 0 Å². The van der Waals surface area contributed by atoms with Crippen LogP contribution < -0.4 is 0 Å². The minimum Gasteiger partial charge on any atom is -0.203 e. The van der Waals surface area contributed by atoms with Crippen molar-refractivity contribution in [2.24, 2.45) is 0 Å². The number of rotatable bonds is 0. The lowest BCUT2D eigenvalue weighted by molar-refractivity contribution is 0.562. The van der Waals surface area contributed by atoms with Crippen LogP contribution in [0, 0.1) is 6.57 Å². The molecule has 34 valence electrons. The summed E-state index contributed by atoms with van der Waals surface area (Å²) in [4.78, 5) is 0. The molecule has 0 spiro atoms. The fourth-order valence-electron chi connectivity index (χ4n) is 0. The highest BCUT2D eigenvalue weighted by Crippen LogP contribution is 1.87. The molecule has 0 radical (unpaired) electrons. The molecule has 5 heteroatoms. The largest absolute Gasteiger partial charge is 0.632 e. The zero-order valence-corrected chi connectivity index (χ0v) is 3.37. The van der Waals surface area contributed by atoms with Crippen LogP contribution in [-0.2, 0) is 10.4 Å². The zero-order chi connectivity index (χ0) is 5.21. The molecule has 0 aromatic heterocycles. The molecule has 0 N–H and O–H groups in total. The van der Waals surface area contributed by atoms with Crippen molar-refractivity contribution in [1.82, 2.24) is 0 Å². The Morgan fingerprint density at radius 3 is 1.83 bits per heavy atom. The average molecular weight is 109 g/mol. The van der Waals surface area contributed by atoms with Gasteiger partial charge in [0.05, 0.1) is 0 Å². The molecule has 0 fully saturated rings. The second-order valence-electron chi connectivity index (χ2n) is 0.503. The lowest BCUT2D eigenvalue weighted by Gasteiger charge is -1.57. The lowest BCUT2D eigenvalue weighted by Crippen LogP contribution is -1.73. The first-order valence-electron chi connectivity index (χ1n) is 0.894. The van der Waals surface area contributed by atoms with Gasteiger partial charge in [0.25, 0.3) is 0 Å². The fourth-order valence-corrected chi connectivity index (χ4v) is 0. The fraction of sp³-hybridized carbons (Fsp3) is 0. The van der Waals surface area contributed by atoms with Gasteiger partial charge in [-0.2, -0.15) is 0 Å². The highest BCUT2D eigenvalue weighted by molar-refractivity contribution is 7.88. The van der Waals surface area contributed by atoms with Crippen LogP contribution in [0.1, 0.15) is 0 Å². The molecule has 0 aromatic carbocycles. The van der Waals surface area contributed by atoms with Gasteiger partial charge in [-0.15, -0.1) is 12.7 Å². The van der Waals surface area contributed by atoms with E-state index in [0.29, 0.717) is 0 Å². The van der Waals surface area contributed by atoms with Gasteiger partial charge in [-0.05, 0) is 3.89 Å². The first kappa shape index (κ1) is 5.37. The van der Waals surface area contributed by atoms with Gasteiger partial charge in [0, 0.05) is 0 Å². The molecule has 0 aliphatic rings. The molecule has 0 aromatic rings. The van der Waals surface area contributed by atoms with E-state index in [2.05, 4.69) is 0 Å². The van der Waals surface area contributed by atoms with Crippen molar-refractivity contribution in [3.05, 3.63) is 10.8 Å². The highest BCUT2D eigenvalue weighted by atomic mass is 32.3. The summed E-state index contributed by atoms with van der Waals surface area (Å²) in [5.74, 6) is 0. The van der Waals surface area contributed by atoms with E-state index in [4.69, 9.17) is 15.0 Å². The Balaban J connectivity index is 4.41. The second kappa shape index (κ2) is 1.22. The van der Waals surface area contributed by atoms with Crippen molar-refractivity contribution in [3.63, 3.8) is 0 Å². The van der Waals surface area contributed by atoms with Crippen molar-refractivity contribution >= 4 is 10.4 Å². The topological polar surface area (TPSA) is 38.5 Å². The third-order valence-electron chi connectivity index (χ3n) is 0.109. The number of nitrogens with zero attached hydrogens (tertiary/aromatic N) is 1. The highest BCUT2D eigenvalue weighted by Gasteiger charge is 2.06. The maximum absolute atomic E-state index is 10.7. The van der Waals surface area contributed by atoms with Gasteiger partial charge in [0.1, 0.15) is 0 Å². The van der Waals surface area contributed by atoms with Crippen molar-refractivity contribution in [2.75, 3.05) is 0 Å². The molecule has 0 atom stereocenters. The van der Waals surface area contributed by atoms with Crippen molar-refractivity contribution < 1.29 is 12.3 Å². The Bertz CT molecular complexity index is 162. The molecule has 0 saturated carbocycles. The molecule has 0 bridgehead atoms. The predicted octanol–water partition coefficient (Wildman–Crippen LogP) is 0.120. The first-order valence-corrected chi connectivity index (χ1v) is 2.23. The Morgan fingerprint density at radius 2 is 1.83 bits per heavy atom. The standard InChI is InChI=1S/CFNO2S/c1-3-6(2,4)5. The molecule has 0 aliphatic carbocycles. The molecule has 0 heterocycles. The van der Waals surface area contributed by atoms with E-state index in [1.165, 1.54) is 0 Å². The van der Waals surface area contributed by atoms with Gasteiger partial charge in [-0.25, -0.2) is 6.57 Å². The van der Waals surface area contributed by atoms with E-state index in [1.54, 1.807) is 4.25 Å². The van der Waals surface area contributed by atoms with Crippen LogP contribution in [0.3, 0.4) is 0 Å². The van der Waals surface area contributed by atoms with Crippen LogP contribution >= 0.6 is 0 Å². The van der Waals surface area contributed by atoms with E-state index in [9.17, 15) is 3.89 Å². The maximum Gasteiger partial charge on any atom is 0.632 e. The van der Waals surface area contributed by atoms with Gasteiger partial charge in [-0.3, -0.25) is 0 Å². The van der Waals surface area contributed by atoms with Gasteiger partial charge in [-0.1, -0.05) is 0 Å². The SMILES string of the molecule is [C-]#[N+]S(=O)(=O)F. The van der Waals surface area contributed by atoms with E-state index < -0.39 is 10.4 Å². The van der Waals surface area contributed by atoms with Gasteiger partial charge in [0.2, 0.25) is 0 Å². The molecule has 0 saturated heterocycles. The van der Waals surface area contributed by atoms with Crippen molar-refractivity contribution in [3.8, 4) is 0 Å². The van der Waals surface area contributed by atoms with E-state index >= 15 is 0 Å². The third kappa shape index (κ3) is 3.37. The molecule has 0 aliphatic heterocycles. The summed E-state index contributed by atoms with van der Waals surface area (Å²) in [6, 6.07) is 0. The summed E-state index contributed by atoms with van der Waals surface area (Å²) in [6.07, 6.45) is 0. The van der Waals surface area contributed by atoms with Crippen LogP contribution in [0.2, 0.25) is 0 Å². The average Bonchev–Trinajstić information content (AvgIpc) is 1.35. The second-order valence-corrected chi connectivity index (χ2v) is 1.51. The summed E-state index contributed by atoms with van der Waals surface area (Å²) in [5.41, 5.74) is 0. The monoisotopic (exact) mass is 109 g/mol. The molecule has 6 heavy (non-hydrogen) atoms. The Hall–Kier alpha value is -0.630.